The van der Waals surface area contributed by atoms with Crippen LogP contribution in [0.3, 0.4) is 0 Å². The molecule has 0 radical (unpaired) electrons. The molecule has 1 amide bonds. The Morgan fingerprint density at radius 1 is 0.958 bits per heavy atom. The first-order valence-electron chi connectivity index (χ1n) is 16.8. The molecule has 1 saturated heterocycles. The number of unbranched alkanes of at least 4 members (excludes halogenated alkanes) is 7. The molecule has 0 aliphatic carbocycles. The number of rotatable bonds is 13. The molecule has 1 aromatic carbocycles. The van der Waals surface area contributed by atoms with Crippen LogP contribution in [0.25, 0.3) is 0 Å². The maximum absolute atomic E-state index is 14.1. The second-order valence-corrected chi connectivity index (χ2v) is 12.5. The van der Waals surface area contributed by atoms with Crippen molar-refractivity contribution in [2.24, 2.45) is 5.73 Å². The van der Waals surface area contributed by atoms with Crippen LogP contribution >= 0.6 is 0 Å². The molecule has 266 valence electrons. The number of benzene rings is 1. The van der Waals surface area contributed by atoms with E-state index in [1.54, 1.807) is 11.1 Å². The summed E-state index contributed by atoms with van der Waals surface area (Å²) in [6, 6.07) is 4.85. The van der Waals surface area contributed by atoms with Gasteiger partial charge >= 0.3 is 12.4 Å². The van der Waals surface area contributed by atoms with Gasteiger partial charge in [0, 0.05) is 25.7 Å². The number of carbonyl (C=O) groups excluding carboxylic acids is 1. The van der Waals surface area contributed by atoms with Gasteiger partial charge in [-0.1, -0.05) is 76.2 Å². The number of carbonyl (C=O) groups is 1. The Hall–Kier alpha value is -3.38. The van der Waals surface area contributed by atoms with Crippen molar-refractivity contribution >= 4 is 11.7 Å². The average Bonchev–Trinajstić information content (AvgIpc) is 3.46. The molecule has 0 bridgehead atoms. The van der Waals surface area contributed by atoms with E-state index in [-0.39, 0.29) is 24.0 Å². The van der Waals surface area contributed by atoms with Crippen LogP contribution in [0.2, 0.25) is 0 Å². The molecule has 1 aromatic heterocycles. The van der Waals surface area contributed by atoms with Crippen molar-refractivity contribution in [3.63, 3.8) is 0 Å². The van der Waals surface area contributed by atoms with Crippen molar-refractivity contribution in [3.8, 4) is 0 Å². The largest absolute Gasteiger partial charge is 0.418 e. The zero-order chi connectivity index (χ0) is 35.3. The second-order valence-electron chi connectivity index (χ2n) is 12.5. The Bertz CT molecular complexity index is 1350. The smallest absolute Gasteiger partial charge is 0.361 e. The molecule has 1 unspecified atom stereocenters. The van der Waals surface area contributed by atoms with E-state index in [0.717, 1.165) is 55.8 Å². The molecular formula is C36H49F6N5O. The number of amides is 1. The number of halogens is 6. The van der Waals surface area contributed by atoms with E-state index in [4.69, 9.17) is 5.73 Å². The van der Waals surface area contributed by atoms with Crippen LogP contribution in [0.4, 0.5) is 32.2 Å². The van der Waals surface area contributed by atoms with Crippen molar-refractivity contribution in [1.29, 1.82) is 0 Å². The Morgan fingerprint density at radius 2 is 1.60 bits per heavy atom. The third-order valence-electron chi connectivity index (χ3n) is 8.58. The van der Waals surface area contributed by atoms with Gasteiger partial charge in [0.1, 0.15) is 5.82 Å². The van der Waals surface area contributed by atoms with Crippen LogP contribution < -0.4 is 11.1 Å². The Balaban J connectivity index is 0.000000488. The summed E-state index contributed by atoms with van der Waals surface area (Å²) in [7, 11) is 1.97. The number of aromatic nitrogens is 1. The number of likely N-dealkylation sites (tertiary alicyclic amines) is 1. The van der Waals surface area contributed by atoms with E-state index in [1.165, 1.54) is 70.4 Å². The van der Waals surface area contributed by atoms with E-state index in [1.807, 2.05) is 19.2 Å². The SMILES string of the molecule is CC(=O)Nc1ccc(C(F)(F)F)c(C(c2ccc(C(F)(F)F)cc2)N2C=C([C@@H]3CCCN3C)C=CC2)n1.CCCCCCCCCCN. The number of likely N-dealkylation sites (N-methyl/N-ethyl adjacent to an activating group) is 1. The normalized spacial score (nSPS) is 17.5. The molecule has 2 aliphatic rings. The molecule has 3 heterocycles. The fourth-order valence-electron chi connectivity index (χ4n) is 6.12. The summed E-state index contributed by atoms with van der Waals surface area (Å²) in [6.07, 6.45) is 8.98. The lowest BCUT2D eigenvalue weighted by Gasteiger charge is -2.35. The first-order valence-corrected chi connectivity index (χ1v) is 16.8. The zero-order valence-electron chi connectivity index (χ0n) is 28.1. The number of nitrogens with zero attached hydrogens (tertiary/aromatic N) is 3. The molecule has 2 atom stereocenters. The van der Waals surface area contributed by atoms with Crippen molar-refractivity contribution < 1.29 is 31.1 Å². The minimum atomic E-state index is -4.79. The van der Waals surface area contributed by atoms with Gasteiger partial charge in [0.15, 0.2) is 0 Å². The Morgan fingerprint density at radius 3 is 2.15 bits per heavy atom. The number of alkyl halides is 6. The summed E-state index contributed by atoms with van der Waals surface area (Å²) >= 11 is 0. The van der Waals surface area contributed by atoms with Crippen LogP contribution in [-0.4, -0.2) is 53.4 Å². The highest BCUT2D eigenvalue weighted by atomic mass is 19.4. The van der Waals surface area contributed by atoms with Crippen molar-refractivity contribution in [2.45, 2.75) is 102 Å². The van der Waals surface area contributed by atoms with Gasteiger partial charge in [-0.05, 0) is 74.8 Å². The monoisotopic (exact) mass is 681 g/mol. The average molecular weight is 682 g/mol. The third-order valence-corrected chi connectivity index (χ3v) is 8.58. The standard InChI is InChI=1S/C26H26F6N4O.C10H23N/c1-16(37)33-22-12-11-20(26(30,31)32)23(34-22)24(17-7-9-19(10-8-17)25(27,28)29)36-14-3-5-18(15-36)21-6-4-13-35(21)2;1-2-3-4-5-6-7-8-9-10-11/h3,5,7-12,15,21,24H,4,6,13-14H2,1-2H3,(H,33,34,37);2-11H2,1H3/t21-,24?;/m0./s1. The molecular weight excluding hydrogens is 632 g/mol. The van der Waals surface area contributed by atoms with Gasteiger partial charge < -0.3 is 16.0 Å². The van der Waals surface area contributed by atoms with Crippen molar-refractivity contribution in [1.82, 2.24) is 14.8 Å². The predicted molar refractivity (Wildman–Crippen MR) is 178 cm³/mol. The summed E-state index contributed by atoms with van der Waals surface area (Å²) < 4.78 is 82.1. The lowest BCUT2D eigenvalue weighted by Crippen LogP contribution is -2.33. The number of anilines is 1. The fourth-order valence-corrected chi connectivity index (χ4v) is 6.12. The van der Waals surface area contributed by atoms with Crippen LogP contribution in [0, 0.1) is 0 Å². The second kappa shape index (κ2) is 18.4. The van der Waals surface area contributed by atoms with Crippen LogP contribution in [-0.2, 0) is 17.1 Å². The van der Waals surface area contributed by atoms with Gasteiger partial charge in [0.25, 0.3) is 0 Å². The van der Waals surface area contributed by atoms with Crippen molar-refractivity contribution in [2.75, 3.05) is 32.0 Å². The molecule has 48 heavy (non-hydrogen) atoms. The van der Waals surface area contributed by atoms with Gasteiger partial charge in [-0.15, -0.1) is 0 Å². The molecule has 3 N–H and O–H groups in total. The molecule has 12 heteroatoms. The Labute approximate surface area is 280 Å². The summed E-state index contributed by atoms with van der Waals surface area (Å²) in [5.74, 6) is -0.601. The van der Waals surface area contributed by atoms with E-state index >= 15 is 0 Å². The first-order chi connectivity index (χ1) is 22.8. The quantitative estimate of drug-likeness (QED) is 0.163. The molecule has 6 nitrogen and oxygen atoms in total. The first kappa shape index (κ1) is 39.1. The molecule has 0 saturated carbocycles. The topological polar surface area (TPSA) is 74.5 Å². The van der Waals surface area contributed by atoms with E-state index in [9.17, 15) is 31.1 Å². The highest BCUT2D eigenvalue weighted by molar-refractivity contribution is 5.87. The van der Waals surface area contributed by atoms with Gasteiger partial charge in [-0.25, -0.2) is 4.98 Å². The predicted octanol–water partition coefficient (Wildman–Crippen LogP) is 9.10. The number of hydrogen-bond acceptors (Lipinski definition) is 5. The van der Waals surface area contributed by atoms with Crippen LogP contribution in [0.1, 0.15) is 106 Å². The third kappa shape index (κ3) is 11.6. The van der Waals surface area contributed by atoms with E-state index < -0.39 is 41.1 Å². The lowest BCUT2D eigenvalue weighted by molar-refractivity contribution is -0.139. The molecule has 2 aliphatic heterocycles. The number of nitrogens with one attached hydrogen (secondary N) is 1. The van der Waals surface area contributed by atoms with Gasteiger partial charge in [0.2, 0.25) is 5.91 Å². The summed E-state index contributed by atoms with van der Waals surface area (Å²) in [4.78, 5) is 19.6. The van der Waals surface area contributed by atoms with Gasteiger partial charge in [-0.2, -0.15) is 26.3 Å². The molecule has 1 fully saturated rings. The van der Waals surface area contributed by atoms with Gasteiger partial charge in [-0.3, -0.25) is 9.69 Å². The van der Waals surface area contributed by atoms with Gasteiger partial charge in [0.05, 0.1) is 22.9 Å². The van der Waals surface area contributed by atoms with Crippen LogP contribution in [0.5, 0.6) is 0 Å². The lowest BCUT2D eigenvalue weighted by atomic mass is 9.94. The molecule has 2 aromatic rings. The molecule has 4 rings (SSSR count). The Kier molecular flexibility index (Phi) is 15.0. The molecule has 0 spiro atoms. The number of pyridine rings is 1. The highest BCUT2D eigenvalue weighted by Crippen LogP contribution is 2.41. The fraction of sp³-hybridized carbons (Fsp3) is 0.556. The van der Waals surface area contributed by atoms with Crippen molar-refractivity contribution in [3.05, 3.63) is 82.7 Å². The summed E-state index contributed by atoms with van der Waals surface area (Å²) in [5.41, 5.74) is 4.14. The van der Waals surface area contributed by atoms with Crippen LogP contribution in [0.15, 0.2) is 60.3 Å². The van der Waals surface area contributed by atoms with E-state index in [0.29, 0.717) is 0 Å². The zero-order valence-corrected chi connectivity index (χ0v) is 28.1. The minimum Gasteiger partial charge on any atom is -0.361 e. The summed E-state index contributed by atoms with van der Waals surface area (Å²) in [5, 5.41) is 2.40. The maximum Gasteiger partial charge on any atom is 0.418 e. The van der Waals surface area contributed by atoms with E-state index in [2.05, 4.69) is 22.1 Å². The minimum absolute atomic E-state index is 0.0769. The number of hydrogen-bond donors (Lipinski definition) is 2. The highest BCUT2D eigenvalue weighted by Gasteiger charge is 2.39. The number of nitrogens with two attached hydrogens (primary N) is 1. The maximum atomic E-state index is 14.1. The summed E-state index contributed by atoms with van der Waals surface area (Å²) in [6.45, 7) is 5.43.